The zero-order valence-corrected chi connectivity index (χ0v) is 38.3. The van der Waals surface area contributed by atoms with E-state index in [0.717, 1.165) is 110 Å². The van der Waals surface area contributed by atoms with Crippen molar-refractivity contribution >= 4 is 54.1 Å². The monoisotopic (exact) mass is 920 g/mol. The van der Waals surface area contributed by atoms with Crippen molar-refractivity contribution in [1.82, 2.24) is 49.8 Å². The summed E-state index contributed by atoms with van der Waals surface area (Å²) in [6, 6.07) is 62.0. The van der Waals surface area contributed by atoms with Crippen LogP contribution in [-0.2, 0) is 0 Å². The van der Waals surface area contributed by atoms with Gasteiger partial charge in [0.05, 0.1) is 11.0 Å². The Kier molecular flexibility index (Phi) is 9.59. The van der Waals surface area contributed by atoms with Crippen LogP contribution >= 0.6 is 0 Å². The van der Waals surface area contributed by atoms with Gasteiger partial charge in [0.2, 0.25) is 0 Å². The van der Waals surface area contributed by atoms with Crippen molar-refractivity contribution in [2.45, 2.75) is 0 Å². The van der Waals surface area contributed by atoms with E-state index in [2.05, 4.69) is 129 Å². The Morgan fingerprint density at radius 2 is 0.625 bits per heavy atom. The summed E-state index contributed by atoms with van der Waals surface area (Å²) in [6.45, 7) is 0. The molecule has 8 aromatic carbocycles. The van der Waals surface area contributed by atoms with Gasteiger partial charge in [0.1, 0.15) is 0 Å². The summed E-state index contributed by atoms with van der Waals surface area (Å²) in [7, 11) is 0. The van der Waals surface area contributed by atoms with Crippen molar-refractivity contribution < 1.29 is 0 Å². The average Bonchev–Trinajstić information content (AvgIpc) is 3.46. The first-order valence-electron chi connectivity index (χ1n) is 23.6. The normalized spacial score (nSPS) is 11.6. The lowest BCUT2D eigenvalue weighted by atomic mass is 9.89. The van der Waals surface area contributed by atoms with E-state index in [1.165, 1.54) is 0 Å². The Hall–Kier alpha value is -10.1. The number of fused-ring (bicyclic) bond motifs is 2. The van der Waals surface area contributed by atoms with Crippen LogP contribution in [-0.4, -0.2) is 49.8 Å². The van der Waals surface area contributed by atoms with Gasteiger partial charge in [-0.2, -0.15) is 0 Å². The number of hydrogen-bond acceptors (Lipinski definition) is 10. The molecule has 0 atom stereocenters. The quantitative estimate of drug-likeness (QED) is 0.136. The van der Waals surface area contributed by atoms with Crippen LogP contribution in [0.25, 0.3) is 145 Å². The maximum Gasteiger partial charge on any atom is 0.164 e. The molecule has 0 fully saturated rings. The molecule has 10 nitrogen and oxygen atoms in total. The number of nitrogens with zero attached hydrogens (tertiary/aromatic N) is 10. The second-order valence-corrected chi connectivity index (χ2v) is 17.7. The fourth-order valence-electron chi connectivity index (χ4n) is 10.0. The highest BCUT2D eigenvalue weighted by molar-refractivity contribution is 6.27. The summed E-state index contributed by atoms with van der Waals surface area (Å²) < 4.78 is 0. The molecule has 0 spiro atoms. The lowest BCUT2D eigenvalue weighted by Crippen LogP contribution is -2.02. The summed E-state index contributed by atoms with van der Waals surface area (Å²) >= 11 is 0. The number of benzene rings is 8. The van der Waals surface area contributed by atoms with Crippen molar-refractivity contribution in [1.29, 1.82) is 0 Å². The molecule has 0 bridgehead atoms. The first kappa shape index (κ1) is 41.0. The van der Waals surface area contributed by atoms with Crippen molar-refractivity contribution in [2.75, 3.05) is 0 Å². The van der Waals surface area contributed by atoms with Crippen LogP contribution in [0.3, 0.4) is 0 Å². The van der Waals surface area contributed by atoms with Crippen molar-refractivity contribution in [3.63, 3.8) is 0 Å². The molecule has 0 aliphatic rings. The van der Waals surface area contributed by atoms with E-state index in [-0.39, 0.29) is 0 Å². The van der Waals surface area contributed by atoms with Crippen LogP contribution in [0.5, 0.6) is 0 Å². The minimum Gasteiger partial charge on any atom is -0.264 e. The summed E-state index contributed by atoms with van der Waals surface area (Å²) in [5, 5.41) is 8.32. The van der Waals surface area contributed by atoms with Gasteiger partial charge in [-0.15, -0.1) is 0 Å². The van der Waals surface area contributed by atoms with Crippen LogP contribution in [0, 0.1) is 0 Å². The first-order valence-corrected chi connectivity index (χ1v) is 23.6. The lowest BCUT2D eigenvalue weighted by Gasteiger charge is -2.17. The molecule has 14 aromatic rings. The van der Waals surface area contributed by atoms with Crippen LogP contribution < -0.4 is 0 Å². The smallest absolute Gasteiger partial charge is 0.164 e. The standard InChI is InChI=1S/C62H36N10/c1-9-39(43-13-5-29-63-35-43)33-41(11-1)57-67-59(49-15-3-19-53-45(49)17-7-31-65-53)71-61(69-57)51-27-23-37-22-26-48-52(28-24-38-21-25-47(51)55(37)56(38)48)62-70-58(42-12-2-10-40(34-42)44-14-6-30-64-36-44)68-60(72-62)50-16-4-20-54-46(50)18-8-32-66-54/h1-36H. The van der Waals surface area contributed by atoms with Crippen LogP contribution in [0.2, 0.25) is 0 Å². The number of hydrogen-bond donors (Lipinski definition) is 0. The largest absolute Gasteiger partial charge is 0.264 e. The SMILES string of the molecule is c1cncc(-c2cccc(-c3nc(-c4cccc5ncccc45)nc(-c4ccc5ccc6c(-c7nc(-c8cccc(-c9cccnc9)c8)nc(-c8cccc9ncccc89)n7)ccc7ccc4c5c76)n3)c2)c1. The molecular weight excluding hydrogens is 885 g/mol. The van der Waals surface area contributed by atoms with E-state index in [9.17, 15) is 0 Å². The fourth-order valence-corrected chi connectivity index (χ4v) is 10.0. The van der Waals surface area contributed by atoms with Gasteiger partial charge in [-0.25, -0.2) is 29.9 Å². The molecule has 6 heterocycles. The highest BCUT2D eigenvalue weighted by atomic mass is 15.0. The highest BCUT2D eigenvalue weighted by Gasteiger charge is 2.22. The maximum atomic E-state index is 5.31. The molecule has 14 rings (SSSR count). The minimum absolute atomic E-state index is 0.558. The third-order valence-electron chi connectivity index (χ3n) is 13.4. The predicted molar refractivity (Wildman–Crippen MR) is 287 cm³/mol. The maximum absolute atomic E-state index is 5.31. The second-order valence-electron chi connectivity index (χ2n) is 17.7. The number of pyridine rings is 4. The zero-order chi connectivity index (χ0) is 47.5. The molecule has 0 amide bonds. The van der Waals surface area contributed by atoms with Crippen molar-refractivity contribution in [3.8, 4) is 90.6 Å². The highest BCUT2D eigenvalue weighted by Crippen LogP contribution is 2.43. The molecule has 0 saturated carbocycles. The molecule has 0 saturated heterocycles. The Labute approximate surface area is 411 Å². The van der Waals surface area contributed by atoms with Crippen LogP contribution in [0.4, 0.5) is 0 Å². The van der Waals surface area contributed by atoms with Gasteiger partial charge in [-0.05, 0) is 104 Å². The number of aromatic nitrogens is 10. The molecule has 0 N–H and O–H groups in total. The lowest BCUT2D eigenvalue weighted by molar-refractivity contribution is 1.08. The van der Waals surface area contributed by atoms with Gasteiger partial charge in [0, 0.05) is 92.5 Å². The molecule has 10 heteroatoms. The van der Waals surface area contributed by atoms with Gasteiger partial charge in [-0.1, -0.05) is 121 Å². The van der Waals surface area contributed by atoms with Gasteiger partial charge in [0.25, 0.3) is 0 Å². The molecule has 0 radical (unpaired) electrons. The van der Waals surface area contributed by atoms with Gasteiger partial charge >= 0.3 is 0 Å². The molecular formula is C62H36N10. The third kappa shape index (κ3) is 7.04. The van der Waals surface area contributed by atoms with Crippen LogP contribution in [0.1, 0.15) is 0 Å². The third-order valence-corrected chi connectivity index (χ3v) is 13.4. The van der Waals surface area contributed by atoms with Crippen molar-refractivity contribution in [3.05, 3.63) is 219 Å². The summed E-state index contributed by atoms with van der Waals surface area (Å²) in [5.41, 5.74) is 11.0. The van der Waals surface area contributed by atoms with Crippen LogP contribution in [0.15, 0.2) is 219 Å². The van der Waals surface area contributed by atoms with Gasteiger partial charge < -0.3 is 0 Å². The number of rotatable bonds is 8. The summed E-state index contributed by atoms with van der Waals surface area (Å²) in [4.78, 5) is 49.7. The molecule has 72 heavy (non-hydrogen) atoms. The molecule has 0 aliphatic heterocycles. The van der Waals surface area contributed by atoms with E-state index in [1.807, 2.05) is 85.2 Å². The first-order chi connectivity index (χ1) is 35.7. The van der Waals surface area contributed by atoms with E-state index in [0.29, 0.717) is 34.9 Å². The van der Waals surface area contributed by atoms with Crippen molar-refractivity contribution in [2.24, 2.45) is 0 Å². The Balaban J connectivity index is 0.974. The average molecular weight is 921 g/mol. The predicted octanol–water partition coefficient (Wildman–Crippen LogP) is 14.2. The minimum atomic E-state index is 0.558. The van der Waals surface area contributed by atoms with Gasteiger partial charge in [-0.3, -0.25) is 19.9 Å². The van der Waals surface area contributed by atoms with E-state index in [4.69, 9.17) is 29.9 Å². The summed E-state index contributed by atoms with van der Waals surface area (Å²) in [5.74, 6) is 3.36. The summed E-state index contributed by atoms with van der Waals surface area (Å²) in [6.07, 6.45) is 10.9. The molecule has 0 unspecified atom stereocenters. The zero-order valence-electron chi connectivity index (χ0n) is 38.3. The Morgan fingerprint density at radius 3 is 1.07 bits per heavy atom. The van der Waals surface area contributed by atoms with E-state index in [1.54, 1.807) is 24.8 Å². The Bertz CT molecular complexity index is 4120. The fraction of sp³-hybridized carbons (Fsp3) is 0. The molecule has 0 aliphatic carbocycles. The van der Waals surface area contributed by atoms with E-state index >= 15 is 0 Å². The second kappa shape index (κ2) is 16.9. The topological polar surface area (TPSA) is 129 Å². The molecule has 6 aromatic heterocycles. The Morgan fingerprint density at radius 1 is 0.250 bits per heavy atom. The van der Waals surface area contributed by atoms with Gasteiger partial charge in [0.15, 0.2) is 34.9 Å². The van der Waals surface area contributed by atoms with E-state index < -0.39 is 0 Å². The molecule has 334 valence electrons.